The molecule has 7 heteroatoms. The number of aliphatic hydroxyl groups is 1. The number of rotatable bonds is 10. The van der Waals surface area contributed by atoms with E-state index in [-0.39, 0.29) is 18.1 Å². The molecular weight excluding hydrogens is 340 g/mol. The van der Waals surface area contributed by atoms with Gasteiger partial charge in [-0.15, -0.1) is 0 Å². The van der Waals surface area contributed by atoms with Gasteiger partial charge in [-0.1, -0.05) is 46.4 Å². The Labute approximate surface area is 156 Å². The Kier molecular flexibility index (Phi) is 24.7. The fourth-order valence-corrected chi connectivity index (χ4v) is 0.935. The molecule has 0 bridgehead atoms. The highest BCUT2D eigenvalue weighted by Gasteiger charge is 2.05. The number of hydrogen-bond acceptors (Lipinski definition) is 7. The molecule has 0 unspecified atom stereocenters. The third-order valence-electron chi connectivity index (χ3n) is 2.49. The third kappa shape index (κ3) is 23.9. The highest BCUT2D eigenvalue weighted by atomic mass is 16.5. The van der Waals surface area contributed by atoms with Gasteiger partial charge in [0.1, 0.15) is 0 Å². The maximum Gasteiger partial charge on any atom is 0.335 e. The molecular formula is C19H32O7. The summed E-state index contributed by atoms with van der Waals surface area (Å²) in [5.41, 5.74) is 0.112. The molecule has 0 atom stereocenters. The van der Waals surface area contributed by atoms with Gasteiger partial charge in [0, 0.05) is 12.2 Å². The number of ether oxygens (including phenoxy) is 3. The molecule has 0 aliphatic heterocycles. The standard InChI is InChI=1S/C8H14O3.C7H12O2.C4H6O2/c1-3-4-5-11-8(10)7(2)6-9;1-3-5-6-9-7(8)4-2;1-3-4(5)6-2/h9H,2-6H2,1H3;4H,2-3,5-6H2,1H3;3H,1H2,2H3. The molecule has 0 aromatic carbocycles. The quantitative estimate of drug-likeness (QED) is 0.272. The van der Waals surface area contributed by atoms with Crippen LogP contribution in [0.1, 0.15) is 39.5 Å². The summed E-state index contributed by atoms with van der Waals surface area (Å²) < 4.78 is 13.6. The molecule has 150 valence electrons. The number of methoxy groups -OCH3 is 1. The minimum atomic E-state index is -0.499. The molecule has 0 rings (SSSR count). The average molecular weight is 372 g/mol. The molecule has 0 spiro atoms. The predicted octanol–water partition coefficient (Wildman–Crippen LogP) is 2.74. The summed E-state index contributed by atoms with van der Waals surface area (Å²) in [6, 6.07) is 0. The lowest BCUT2D eigenvalue weighted by Gasteiger charge is -2.02. The summed E-state index contributed by atoms with van der Waals surface area (Å²) in [4.78, 5) is 31.0. The number of unbranched alkanes of at least 4 members (excludes halogenated alkanes) is 2. The minimum absolute atomic E-state index is 0.112. The molecule has 0 saturated heterocycles. The van der Waals surface area contributed by atoms with Crippen LogP contribution in [0.4, 0.5) is 0 Å². The van der Waals surface area contributed by atoms with Crippen molar-refractivity contribution in [3.05, 3.63) is 37.5 Å². The van der Waals surface area contributed by atoms with Crippen molar-refractivity contribution in [1.82, 2.24) is 0 Å². The SMILES string of the molecule is C=C(CO)C(=O)OCCCC.C=CC(=O)OC.C=CC(=O)OCCCC. The Hall–Kier alpha value is -2.41. The maximum atomic E-state index is 10.8. The van der Waals surface area contributed by atoms with Gasteiger partial charge >= 0.3 is 17.9 Å². The molecule has 0 saturated carbocycles. The molecule has 0 radical (unpaired) electrons. The monoisotopic (exact) mass is 372 g/mol. The van der Waals surface area contributed by atoms with Gasteiger partial charge in [-0.05, 0) is 12.8 Å². The van der Waals surface area contributed by atoms with E-state index in [0.717, 1.165) is 31.8 Å². The van der Waals surface area contributed by atoms with Crippen LogP contribution in [0.25, 0.3) is 0 Å². The summed E-state index contributed by atoms with van der Waals surface area (Å²) in [5, 5.41) is 8.46. The minimum Gasteiger partial charge on any atom is -0.466 e. The summed E-state index contributed by atoms with van der Waals surface area (Å²) in [5.74, 6) is -1.22. The van der Waals surface area contributed by atoms with Crippen LogP contribution < -0.4 is 0 Å². The lowest BCUT2D eigenvalue weighted by molar-refractivity contribution is -0.140. The highest BCUT2D eigenvalue weighted by Crippen LogP contribution is 1.95. The van der Waals surface area contributed by atoms with Gasteiger partial charge in [-0.3, -0.25) is 0 Å². The van der Waals surface area contributed by atoms with Crippen molar-refractivity contribution in [2.24, 2.45) is 0 Å². The first-order chi connectivity index (χ1) is 12.3. The van der Waals surface area contributed by atoms with Gasteiger partial charge < -0.3 is 19.3 Å². The smallest absolute Gasteiger partial charge is 0.335 e. The van der Waals surface area contributed by atoms with Crippen molar-refractivity contribution in [3.63, 3.8) is 0 Å². The Balaban J connectivity index is -0.000000319. The van der Waals surface area contributed by atoms with E-state index in [4.69, 9.17) is 9.84 Å². The van der Waals surface area contributed by atoms with Crippen LogP contribution >= 0.6 is 0 Å². The van der Waals surface area contributed by atoms with Gasteiger partial charge in [-0.25, -0.2) is 14.4 Å². The van der Waals surface area contributed by atoms with Crippen molar-refractivity contribution in [2.45, 2.75) is 39.5 Å². The van der Waals surface area contributed by atoms with Crippen molar-refractivity contribution in [1.29, 1.82) is 0 Å². The van der Waals surface area contributed by atoms with E-state index < -0.39 is 11.9 Å². The first-order valence-electron chi connectivity index (χ1n) is 8.29. The zero-order valence-corrected chi connectivity index (χ0v) is 16.1. The molecule has 7 nitrogen and oxygen atoms in total. The molecule has 0 fully saturated rings. The second-order valence-electron chi connectivity index (χ2n) is 4.70. The van der Waals surface area contributed by atoms with Crippen molar-refractivity contribution in [3.8, 4) is 0 Å². The zero-order valence-electron chi connectivity index (χ0n) is 16.1. The Bertz CT molecular complexity index is 428. The van der Waals surface area contributed by atoms with Crippen LogP contribution in [0, 0.1) is 0 Å². The van der Waals surface area contributed by atoms with Crippen LogP contribution in [-0.2, 0) is 28.6 Å². The average Bonchev–Trinajstić information content (AvgIpc) is 2.67. The van der Waals surface area contributed by atoms with Crippen LogP contribution in [0.2, 0.25) is 0 Å². The van der Waals surface area contributed by atoms with E-state index in [1.165, 1.54) is 13.2 Å². The van der Waals surface area contributed by atoms with Crippen molar-refractivity contribution < 1.29 is 33.7 Å². The van der Waals surface area contributed by atoms with E-state index >= 15 is 0 Å². The second kappa shape index (κ2) is 22.6. The second-order valence-corrected chi connectivity index (χ2v) is 4.70. The highest BCUT2D eigenvalue weighted by molar-refractivity contribution is 5.87. The van der Waals surface area contributed by atoms with Gasteiger partial charge in [0.2, 0.25) is 0 Å². The van der Waals surface area contributed by atoms with Gasteiger partial charge in [0.25, 0.3) is 0 Å². The maximum absolute atomic E-state index is 10.8. The van der Waals surface area contributed by atoms with Gasteiger partial charge in [0.15, 0.2) is 0 Å². The summed E-state index contributed by atoms with van der Waals surface area (Å²) in [6.45, 7) is 14.4. The van der Waals surface area contributed by atoms with Crippen LogP contribution in [0.5, 0.6) is 0 Å². The van der Waals surface area contributed by atoms with E-state index in [0.29, 0.717) is 13.2 Å². The number of hydrogen-bond donors (Lipinski definition) is 1. The molecule has 1 N–H and O–H groups in total. The normalized spacial score (nSPS) is 8.46. The van der Waals surface area contributed by atoms with E-state index in [1.54, 1.807) is 0 Å². The first-order valence-corrected chi connectivity index (χ1v) is 8.29. The van der Waals surface area contributed by atoms with Crippen LogP contribution in [-0.4, -0.2) is 49.9 Å². The summed E-state index contributed by atoms with van der Waals surface area (Å²) in [7, 11) is 1.31. The fourth-order valence-electron chi connectivity index (χ4n) is 0.935. The van der Waals surface area contributed by atoms with Crippen LogP contribution in [0.15, 0.2) is 37.5 Å². The summed E-state index contributed by atoms with van der Waals surface area (Å²) in [6.07, 6.45) is 6.10. The van der Waals surface area contributed by atoms with E-state index in [1.807, 2.05) is 13.8 Å². The van der Waals surface area contributed by atoms with Crippen LogP contribution in [0.3, 0.4) is 0 Å². The number of aliphatic hydroxyl groups excluding tert-OH is 1. The summed E-state index contributed by atoms with van der Waals surface area (Å²) >= 11 is 0. The van der Waals surface area contributed by atoms with Gasteiger partial charge in [0.05, 0.1) is 32.5 Å². The van der Waals surface area contributed by atoms with Gasteiger partial charge in [-0.2, -0.15) is 0 Å². The molecule has 0 amide bonds. The molecule has 0 aliphatic rings. The molecule has 0 aromatic rings. The topological polar surface area (TPSA) is 99.1 Å². The van der Waals surface area contributed by atoms with E-state index in [9.17, 15) is 14.4 Å². The Morgan fingerprint density at radius 3 is 1.69 bits per heavy atom. The third-order valence-corrected chi connectivity index (χ3v) is 2.49. The number of esters is 3. The molecule has 0 aromatic heterocycles. The molecule has 26 heavy (non-hydrogen) atoms. The Morgan fingerprint density at radius 2 is 1.38 bits per heavy atom. The lowest BCUT2D eigenvalue weighted by atomic mass is 10.3. The van der Waals surface area contributed by atoms with E-state index in [2.05, 4.69) is 29.2 Å². The first kappa shape index (κ1) is 28.4. The number of carbonyl (C=O) groups is 3. The van der Waals surface area contributed by atoms with Crippen molar-refractivity contribution >= 4 is 17.9 Å². The number of carbonyl (C=O) groups excluding carboxylic acids is 3. The predicted molar refractivity (Wildman–Crippen MR) is 100 cm³/mol. The fraction of sp³-hybridized carbons (Fsp3) is 0.526. The largest absolute Gasteiger partial charge is 0.466 e. The molecule has 0 heterocycles. The molecule has 0 aliphatic carbocycles. The zero-order chi connectivity index (χ0) is 20.8. The lowest BCUT2D eigenvalue weighted by Crippen LogP contribution is -2.10. The van der Waals surface area contributed by atoms with Crippen molar-refractivity contribution in [2.75, 3.05) is 26.9 Å². The Morgan fingerprint density at radius 1 is 0.923 bits per heavy atom.